The van der Waals surface area contributed by atoms with Crippen molar-refractivity contribution in [3.63, 3.8) is 0 Å². The second-order valence-electron chi connectivity index (χ2n) is 5.75. The number of Topliss-reactive ketones (excluding diaryl/α,β-unsaturated/α-hetero) is 1. The van der Waals surface area contributed by atoms with Gasteiger partial charge < -0.3 is 0 Å². The summed E-state index contributed by atoms with van der Waals surface area (Å²) >= 11 is 5.96. The van der Waals surface area contributed by atoms with E-state index in [1.54, 1.807) is 0 Å². The number of carbonyl (C=O) groups excluding carboxylic acids is 1. The van der Waals surface area contributed by atoms with Crippen molar-refractivity contribution in [2.45, 2.75) is 32.1 Å². The first kappa shape index (κ1) is 14.3. The Labute approximate surface area is 131 Å². The van der Waals surface area contributed by atoms with E-state index in [2.05, 4.69) is 0 Å². The molecular formula is C19H19ClO. The third kappa shape index (κ3) is 3.19. The highest BCUT2D eigenvalue weighted by atomic mass is 35.5. The molecule has 1 aliphatic carbocycles. The summed E-state index contributed by atoms with van der Waals surface area (Å²) in [6.07, 6.45) is 5.70. The Morgan fingerprint density at radius 3 is 2.29 bits per heavy atom. The van der Waals surface area contributed by atoms with Gasteiger partial charge in [0.2, 0.25) is 0 Å². The van der Waals surface area contributed by atoms with Gasteiger partial charge in [0.05, 0.1) is 0 Å². The lowest BCUT2D eigenvalue weighted by atomic mass is 9.82. The molecular weight excluding hydrogens is 280 g/mol. The number of hydrogen-bond acceptors (Lipinski definition) is 1. The average Bonchev–Trinajstić information content (AvgIpc) is 2.56. The van der Waals surface area contributed by atoms with Gasteiger partial charge in [-0.05, 0) is 36.1 Å². The second kappa shape index (κ2) is 6.44. The molecule has 0 atom stereocenters. The molecule has 0 saturated heterocycles. The minimum atomic E-state index is 0.201. The molecule has 1 aliphatic rings. The maximum absolute atomic E-state index is 12.8. The summed E-state index contributed by atoms with van der Waals surface area (Å²) < 4.78 is 0. The molecule has 0 amide bonds. The highest BCUT2D eigenvalue weighted by Crippen LogP contribution is 2.31. The fourth-order valence-corrected chi connectivity index (χ4v) is 3.29. The first-order valence-electron chi connectivity index (χ1n) is 7.65. The Morgan fingerprint density at radius 2 is 1.57 bits per heavy atom. The molecule has 0 radical (unpaired) electrons. The number of carbonyl (C=O) groups is 1. The molecule has 1 saturated carbocycles. The average molecular weight is 299 g/mol. The Balaban J connectivity index is 1.95. The number of ketones is 1. The molecule has 1 fully saturated rings. The number of benzene rings is 2. The molecule has 108 valence electrons. The van der Waals surface area contributed by atoms with Crippen molar-refractivity contribution in [1.29, 1.82) is 0 Å². The molecule has 2 heteroatoms. The van der Waals surface area contributed by atoms with E-state index in [0.717, 1.165) is 34.6 Å². The molecule has 0 heterocycles. The highest BCUT2D eigenvalue weighted by Gasteiger charge is 2.24. The molecule has 2 aromatic carbocycles. The molecule has 21 heavy (non-hydrogen) atoms. The van der Waals surface area contributed by atoms with Crippen LogP contribution in [-0.4, -0.2) is 5.78 Å². The van der Waals surface area contributed by atoms with E-state index in [9.17, 15) is 4.79 Å². The predicted octanol–water partition coefficient (Wildman–Crippen LogP) is 5.77. The first-order chi connectivity index (χ1) is 10.3. The highest BCUT2D eigenvalue weighted by molar-refractivity contribution is 6.30. The van der Waals surface area contributed by atoms with Crippen LogP contribution in [0.3, 0.4) is 0 Å². The van der Waals surface area contributed by atoms with E-state index < -0.39 is 0 Å². The Hall–Kier alpha value is -1.60. The van der Waals surface area contributed by atoms with Gasteiger partial charge in [0.15, 0.2) is 5.78 Å². The zero-order chi connectivity index (χ0) is 14.7. The van der Waals surface area contributed by atoms with Crippen LogP contribution in [0.15, 0.2) is 48.5 Å². The summed E-state index contributed by atoms with van der Waals surface area (Å²) in [4.78, 5) is 12.8. The first-order valence-corrected chi connectivity index (χ1v) is 8.02. The third-order valence-electron chi connectivity index (χ3n) is 4.32. The predicted molar refractivity (Wildman–Crippen MR) is 87.8 cm³/mol. The van der Waals surface area contributed by atoms with Gasteiger partial charge in [-0.1, -0.05) is 67.3 Å². The standard InChI is InChI=1S/C19H19ClO/c20-16-12-10-14(11-13-16)17-8-4-5-9-18(17)19(21)15-6-2-1-3-7-15/h4-5,8-13,15H,1-3,6-7H2. The second-order valence-corrected chi connectivity index (χ2v) is 6.19. The quantitative estimate of drug-likeness (QED) is 0.657. The van der Waals surface area contributed by atoms with Crippen molar-refractivity contribution in [2.75, 3.05) is 0 Å². The Kier molecular flexibility index (Phi) is 4.40. The van der Waals surface area contributed by atoms with Gasteiger partial charge in [-0.25, -0.2) is 0 Å². The lowest BCUT2D eigenvalue weighted by Crippen LogP contribution is -2.18. The van der Waals surface area contributed by atoms with Crippen molar-refractivity contribution < 1.29 is 4.79 Å². The molecule has 0 unspecified atom stereocenters. The van der Waals surface area contributed by atoms with E-state index in [4.69, 9.17) is 11.6 Å². The minimum Gasteiger partial charge on any atom is -0.294 e. The van der Waals surface area contributed by atoms with Crippen molar-refractivity contribution in [1.82, 2.24) is 0 Å². The lowest BCUT2D eigenvalue weighted by molar-refractivity contribution is 0.0890. The normalized spacial score (nSPS) is 15.9. The van der Waals surface area contributed by atoms with Crippen LogP contribution in [0.2, 0.25) is 5.02 Å². The van der Waals surface area contributed by atoms with Gasteiger partial charge in [0, 0.05) is 16.5 Å². The monoisotopic (exact) mass is 298 g/mol. The van der Waals surface area contributed by atoms with E-state index in [1.807, 2.05) is 48.5 Å². The van der Waals surface area contributed by atoms with Crippen molar-refractivity contribution >= 4 is 17.4 Å². The Morgan fingerprint density at radius 1 is 0.905 bits per heavy atom. The molecule has 1 nitrogen and oxygen atoms in total. The van der Waals surface area contributed by atoms with Crippen molar-refractivity contribution in [3.05, 3.63) is 59.1 Å². The van der Waals surface area contributed by atoms with Crippen LogP contribution in [0.4, 0.5) is 0 Å². The summed E-state index contributed by atoms with van der Waals surface area (Å²) in [7, 11) is 0. The summed E-state index contributed by atoms with van der Waals surface area (Å²) in [5, 5.41) is 0.717. The minimum absolute atomic E-state index is 0.201. The smallest absolute Gasteiger partial charge is 0.166 e. The van der Waals surface area contributed by atoms with E-state index >= 15 is 0 Å². The van der Waals surface area contributed by atoms with Gasteiger partial charge in [-0.3, -0.25) is 4.79 Å². The summed E-state index contributed by atoms with van der Waals surface area (Å²) in [6.45, 7) is 0. The van der Waals surface area contributed by atoms with Gasteiger partial charge in [0.25, 0.3) is 0 Å². The van der Waals surface area contributed by atoms with Crippen LogP contribution in [-0.2, 0) is 0 Å². The van der Waals surface area contributed by atoms with E-state index in [-0.39, 0.29) is 5.92 Å². The number of rotatable bonds is 3. The maximum Gasteiger partial charge on any atom is 0.166 e. The largest absolute Gasteiger partial charge is 0.294 e. The summed E-state index contributed by atoms with van der Waals surface area (Å²) in [5.74, 6) is 0.507. The fourth-order valence-electron chi connectivity index (χ4n) is 3.16. The van der Waals surface area contributed by atoms with E-state index in [1.165, 1.54) is 19.3 Å². The molecule has 0 bridgehead atoms. The zero-order valence-corrected chi connectivity index (χ0v) is 12.8. The topological polar surface area (TPSA) is 17.1 Å². The molecule has 0 N–H and O–H groups in total. The third-order valence-corrected chi connectivity index (χ3v) is 4.58. The molecule has 0 aliphatic heterocycles. The van der Waals surface area contributed by atoms with Crippen LogP contribution < -0.4 is 0 Å². The SMILES string of the molecule is O=C(c1ccccc1-c1ccc(Cl)cc1)C1CCCCC1. The number of halogens is 1. The van der Waals surface area contributed by atoms with E-state index in [0.29, 0.717) is 5.78 Å². The van der Waals surface area contributed by atoms with Crippen molar-refractivity contribution in [3.8, 4) is 11.1 Å². The molecule has 2 aromatic rings. The molecule has 0 aromatic heterocycles. The molecule has 0 spiro atoms. The van der Waals surface area contributed by atoms with Crippen LogP contribution >= 0.6 is 11.6 Å². The van der Waals surface area contributed by atoms with Crippen LogP contribution in [0.5, 0.6) is 0 Å². The van der Waals surface area contributed by atoms with Gasteiger partial charge in [0.1, 0.15) is 0 Å². The zero-order valence-electron chi connectivity index (χ0n) is 12.0. The number of hydrogen-bond donors (Lipinski definition) is 0. The molecule has 3 rings (SSSR count). The Bertz CT molecular complexity index is 624. The lowest BCUT2D eigenvalue weighted by Gasteiger charge is -2.21. The summed E-state index contributed by atoms with van der Waals surface area (Å²) in [5.41, 5.74) is 2.93. The fraction of sp³-hybridized carbons (Fsp3) is 0.316. The van der Waals surface area contributed by atoms with Crippen LogP contribution in [0.25, 0.3) is 11.1 Å². The van der Waals surface area contributed by atoms with Crippen molar-refractivity contribution in [2.24, 2.45) is 5.92 Å². The van der Waals surface area contributed by atoms with Gasteiger partial charge >= 0.3 is 0 Å². The van der Waals surface area contributed by atoms with Gasteiger partial charge in [-0.2, -0.15) is 0 Å². The maximum atomic E-state index is 12.8. The van der Waals surface area contributed by atoms with Crippen LogP contribution in [0.1, 0.15) is 42.5 Å². The van der Waals surface area contributed by atoms with Gasteiger partial charge in [-0.15, -0.1) is 0 Å². The van der Waals surface area contributed by atoms with Crippen LogP contribution in [0, 0.1) is 5.92 Å². The summed E-state index contributed by atoms with van der Waals surface area (Å²) in [6, 6.07) is 15.6.